The van der Waals surface area contributed by atoms with Crippen LogP contribution >= 0.6 is 0 Å². The summed E-state index contributed by atoms with van der Waals surface area (Å²) in [6.07, 6.45) is 3.39. The minimum atomic E-state index is -0.805. The zero-order valence-electron chi connectivity index (χ0n) is 12.5. The summed E-state index contributed by atoms with van der Waals surface area (Å²) in [7, 11) is 1.67. The van der Waals surface area contributed by atoms with E-state index in [4.69, 9.17) is 4.74 Å². The zero-order valence-corrected chi connectivity index (χ0v) is 12.5. The second-order valence-corrected chi connectivity index (χ2v) is 6.31. The Kier molecular flexibility index (Phi) is 4.19. The maximum Gasteiger partial charge on any atom is 0.124 e. The van der Waals surface area contributed by atoms with Crippen molar-refractivity contribution in [1.82, 2.24) is 0 Å². The third kappa shape index (κ3) is 2.79. The van der Waals surface area contributed by atoms with E-state index in [0.717, 1.165) is 30.1 Å². The first-order chi connectivity index (χ1) is 8.96. The molecule has 0 heterocycles. The van der Waals surface area contributed by atoms with Crippen LogP contribution in [0.25, 0.3) is 0 Å². The Bertz CT molecular complexity index is 425. The van der Waals surface area contributed by atoms with E-state index in [1.54, 1.807) is 7.11 Å². The largest absolute Gasteiger partial charge is 0.496 e. The van der Waals surface area contributed by atoms with Gasteiger partial charge in [-0.05, 0) is 43.6 Å². The highest BCUT2D eigenvalue weighted by molar-refractivity contribution is 5.38. The molecular formula is C17H26O2. The van der Waals surface area contributed by atoms with Gasteiger partial charge in [0.05, 0.1) is 12.7 Å². The van der Waals surface area contributed by atoms with Crippen LogP contribution in [0.15, 0.2) is 24.3 Å². The van der Waals surface area contributed by atoms with Crippen molar-refractivity contribution in [2.24, 2.45) is 17.8 Å². The van der Waals surface area contributed by atoms with Gasteiger partial charge in [-0.3, -0.25) is 0 Å². The van der Waals surface area contributed by atoms with Crippen LogP contribution in [0.5, 0.6) is 5.75 Å². The predicted molar refractivity (Wildman–Crippen MR) is 78.2 cm³/mol. The third-order valence-corrected chi connectivity index (χ3v) is 5.05. The van der Waals surface area contributed by atoms with Gasteiger partial charge in [-0.25, -0.2) is 0 Å². The van der Waals surface area contributed by atoms with Crippen LogP contribution in [-0.2, 0) is 5.60 Å². The summed E-state index contributed by atoms with van der Waals surface area (Å²) in [5.41, 5.74) is 0.116. The Hall–Kier alpha value is -1.02. The summed E-state index contributed by atoms with van der Waals surface area (Å²) in [5.74, 6) is 2.55. The molecule has 4 atom stereocenters. The van der Waals surface area contributed by atoms with Crippen molar-refractivity contribution in [2.75, 3.05) is 7.11 Å². The first-order valence-corrected chi connectivity index (χ1v) is 7.32. The molecule has 2 nitrogen and oxygen atoms in total. The molecule has 106 valence electrons. The van der Waals surface area contributed by atoms with Crippen LogP contribution in [0.2, 0.25) is 0 Å². The van der Waals surface area contributed by atoms with E-state index in [0.29, 0.717) is 11.8 Å². The Balaban J connectivity index is 2.26. The van der Waals surface area contributed by atoms with E-state index < -0.39 is 5.60 Å². The summed E-state index contributed by atoms with van der Waals surface area (Å²) in [5, 5.41) is 11.0. The van der Waals surface area contributed by atoms with E-state index in [-0.39, 0.29) is 0 Å². The lowest BCUT2D eigenvalue weighted by atomic mass is 9.68. The molecule has 19 heavy (non-hydrogen) atoms. The average Bonchev–Trinajstić information content (AvgIpc) is 2.41. The second kappa shape index (κ2) is 5.54. The first-order valence-electron chi connectivity index (χ1n) is 7.32. The van der Waals surface area contributed by atoms with Crippen LogP contribution in [-0.4, -0.2) is 12.2 Å². The highest BCUT2D eigenvalue weighted by Gasteiger charge is 2.39. The highest BCUT2D eigenvalue weighted by Crippen LogP contribution is 2.45. The van der Waals surface area contributed by atoms with E-state index >= 15 is 0 Å². The monoisotopic (exact) mass is 262 g/mol. The predicted octanol–water partition coefficient (Wildman–Crippen LogP) is 3.98. The van der Waals surface area contributed by atoms with E-state index in [2.05, 4.69) is 13.8 Å². The SMILES string of the molecule is COc1ccccc1C(C)(O)C1CCC(C)C(C)C1. The molecule has 2 heteroatoms. The van der Waals surface area contributed by atoms with Crippen molar-refractivity contribution >= 4 is 0 Å². The molecule has 4 unspecified atom stereocenters. The smallest absolute Gasteiger partial charge is 0.124 e. The fourth-order valence-electron chi connectivity index (χ4n) is 3.34. The lowest BCUT2D eigenvalue weighted by Gasteiger charge is -2.41. The normalized spacial score (nSPS) is 30.7. The molecule has 1 saturated carbocycles. The maximum atomic E-state index is 11.0. The summed E-state index contributed by atoms with van der Waals surface area (Å²) >= 11 is 0. The van der Waals surface area contributed by atoms with Crippen LogP contribution in [0.1, 0.15) is 45.6 Å². The van der Waals surface area contributed by atoms with Crippen molar-refractivity contribution < 1.29 is 9.84 Å². The number of rotatable bonds is 3. The summed E-state index contributed by atoms with van der Waals surface area (Å²) < 4.78 is 5.41. The van der Waals surface area contributed by atoms with Gasteiger partial charge in [-0.15, -0.1) is 0 Å². The van der Waals surface area contributed by atoms with Gasteiger partial charge in [-0.1, -0.05) is 38.5 Å². The van der Waals surface area contributed by atoms with Gasteiger partial charge in [-0.2, -0.15) is 0 Å². The fraction of sp³-hybridized carbons (Fsp3) is 0.647. The Morgan fingerprint density at radius 1 is 1.16 bits per heavy atom. The van der Waals surface area contributed by atoms with Gasteiger partial charge in [0.15, 0.2) is 0 Å². The fourth-order valence-corrected chi connectivity index (χ4v) is 3.34. The van der Waals surface area contributed by atoms with Gasteiger partial charge in [0, 0.05) is 5.56 Å². The summed E-state index contributed by atoms with van der Waals surface area (Å²) in [4.78, 5) is 0. The average molecular weight is 262 g/mol. The molecule has 0 amide bonds. The lowest BCUT2D eigenvalue weighted by Crippen LogP contribution is -2.37. The number of methoxy groups -OCH3 is 1. The molecule has 1 aromatic rings. The number of ether oxygens (including phenoxy) is 1. The number of para-hydroxylation sites is 1. The van der Waals surface area contributed by atoms with Gasteiger partial charge in [0.1, 0.15) is 5.75 Å². The van der Waals surface area contributed by atoms with Crippen molar-refractivity contribution in [3.8, 4) is 5.75 Å². The maximum absolute atomic E-state index is 11.0. The van der Waals surface area contributed by atoms with Gasteiger partial charge < -0.3 is 9.84 Å². The molecule has 0 saturated heterocycles. The van der Waals surface area contributed by atoms with E-state index in [1.165, 1.54) is 6.42 Å². The molecule has 0 bridgehead atoms. The van der Waals surface area contributed by atoms with Crippen LogP contribution in [0.3, 0.4) is 0 Å². The number of hydrogen-bond donors (Lipinski definition) is 1. The van der Waals surface area contributed by atoms with Crippen molar-refractivity contribution in [1.29, 1.82) is 0 Å². The van der Waals surface area contributed by atoms with Crippen molar-refractivity contribution in [3.05, 3.63) is 29.8 Å². The lowest BCUT2D eigenvalue weighted by molar-refractivity contribution is -0.0385. The highest BCUT2D eigenvalue weighted by atomic mass is 16.5. The molecule has 0 spiro atoms. The van der Waals surface area contributed by atoms with E-state index in [1.807, 2.05) is 31.2 Å². The minimum absolute atomic E-state index is 0.315. The van der Waals surface area contributed by atoms with Crippen molar-refractivity contribution in [3.63, 3.8) is 0 Å². The third-order valence-electron chi connectivity index (χ3n) is 5.05. The second-order valence-electron chi connectivity index (χ2n) is 6.31. The number of benzene rings is 1. The molecule has 1 aliphatic rings. The molecular weight excluding hydrogens is 236 g/mol. The van der Waals surface area contributed by atoms with Crippen LogP contribution < -0.4 is 4.74 Å². The van der Waals surface area contributed by atoms with Crippen LogP contribution in [0.4, 0.5) is 0 Å². The van der Waals surface area contributed by atoms with Crippen LogP contribution in [0, 0.1) is 17.8 Å². The van der Waals surface area contributed by atoms with E-state index in [9.17, 15) is 5.11 Å². The first kappa shape index (κ1) is 14.4. The summed E-state index contributed by atoms with van der Waals surface area (Å²) in [6.45, 7) is 6.56. The Morgan fingerprint density at radius 3 is 2.47 bits per heavy atom. The molecule has 1 fully saturated rings. The summed E-state index contributed by atoms with van der Waals surface area (Å²) in [6, 6.07) is 7.84. The topological polar surface area (TPSA) is 29.5 Å². The standard InChI is InChI=1S/C17H26O2/c1-12-9-10-14(11-13(12)2)17(3,18)15-7-5-6-8-16(15)19-4/h5-8,12-14,18H,9-11H2,1-4H3. The molecule has 1 aromatic carbocycles. The Morgan fingerprint density at radius 2 is 1.84 bits per heavy atom. The van der Waals surface area contributed by atoms with Crippen molar-refractivity contribution in [2.45, 2.75) is 45.6 Å². The molecule has 0 aliphatic heterocycles. The van der Waals surface area contributed by atoms with Gasteiger partial charge in [0.2, 0.25) is 0 Å². The van der Waals surface area contributed by atoms with Gasteiger partial charge >= 0.3 is 0 Å². The molecule has 0 radical (unpaired) electrons. The molecule has 1 N–H and O–H groups in total. The van der Waals surface area contributed by atoms with Gasteiger partial charge in [0.25, 0.3) is 0 Å². The number of hydrogen-bond acceptors (Lipinski definition) is 2. The molecule has 0 aromatic heterocycles. The number of aliphatic hydroxyl groups is 1. The Labute approximate surface area is 116 Å². The quantitative estimate of drug-likeness (QED) is 0.893. The zero-order chi connectivity index (χ0) is 14.0. The molecule has 1 aliphatic carbocycles. The molecule has 2 rings (SSSR count). The minimum Gasteiger partial charge on any atom is -0.496 e.